The molecule has 20 heavy (non-hydrogen) atoms. The minimum Gasteiger partial charge on any atom is -0.373 e. The molecule has 1 aliphatic rings. The van der Waals surface area contributed by atoms with Gasteiger partial charge in [-0.2, -0.15) is 0 Å². The van der Waals surface area contributed by atoms with Crippen LogP contribution in [0.25, 0.3) is 0 Å². The van der Waals surface area contributed by atoms with Crippen LogP contribution in [-0.2, 0) is 9.53 Å². The number of rotatable bonds is 3. The summed E-state index contributed by atoms with van der Waals surface area (Å²) in [5.74, 6) is 2.39. The summed E-state index contributed by atoms with van der Waals surface area (Å²) >= 11 is 0. The summed E-state index contributed by atoms with van der Waals surface area (Å²) in [6, 6.07) is 9.90. The van der Waals surface area contributed by atoms with Crippen LogP contribution < -0.4 is 5.32 Å². The largest absolute Gasteiger partial charge is 0.373 e. The highest BCUT2D eigenvalue weighted by Gasteiger charge is 2.34. The molecule has 1 heterocycles. The van der Waals surface area contributed by atoms with Gasteiger partial charge >= 0.3 is 0 Å². The van der Waals surface area contributed by atoms with Crippen LogP contribution in [-0.4, -0.2) is 18.1 Å². The molecule has 0 aliphatic carbocycles. The van der Waals surface area contributed by atoms with E-state index in [2.05, 4.69) is 11.2 Å². The average Bonchev–Trinajstić information content (AvgIpc) is 2.48. The lowest BCUT2D eigenvalue weighted by Crippen LogP contribution is -2.47. The molecule has 0 bridgehead atoms. The maximum Gasteiger partial charge on any atom is 0.227 e. The summed E-state index contributed by atoms with van der Waals surface area (Å²) in [7, 11) is 0. The number of amides is 1. The van der Waals surface area contributed by atoms with Crippen LogP contribution in [0.2, 0.25) is 0 Å². The lowest BCUT2D eigenvalue weighted by molar-refractivity contribution is -0.135. The second-order valence-electron chi connectivity index (χ2n) is 5.71. The number of hydrogen-bond acceptors (Lipinski definition) is 2. The monoisotopic (exact) mass is 271 g/mol. The van der Waals surface area contributed by atoms with E-state index in [0.29, 0.717) is 6.61 Å². The van der Waals surface area contributed by atoms with Gasteiger partial charge in [0.05, 0.1) is 17.6 Å². The van der Waals surface area contributed by atoms with Crippen molar-refractivity contribution in [2.75, 3.05) is 6.61 Å². The maximum atomic E-state index is 12.5. The van der Waals surface area contributed by atoms with Gasteiger partial charge in [0.2, 0.25) is 5.91 Å². The van der Waals surface area contributed by atoms with Crippen molar-refractivity contribution in [1.82, 2.24) is 5.32 Å². The fraction of sp³-hybridized carbons (Fsp3) is 0.471. The molecule has 3 nitrogen and oxygen atoms in total. The predicted molar refractivity (Wildman–Crippen MR) is 78.9 cm³/mol. The third kappa shape index (κ3) is 3.40. The molecule has 3 heteroatoms. The Labute approximate surface area is 120 Å². The van der Waals surface area contributed by atoms with Crippen molar-refractivity contribution in [3.63, 3.8) is 0 Å². The second kappa shape index (κ2) is 6.11. The lowest BCUT2D eigenvalue weighted by Gasteiger charge is -2.33. The van der Waals surface area contributed by atoms with E-state index in [1.54, 1.807) is 0 Å². The van der Waals surface area contributed by atoms with Gasteiger partial charge in [-0.3, -0.25) is 4.79 Å². The Balaban J connectivity index is 2.16. The Morgan fingerprint density at radius 3 is 2.75 bits per heavy atom. The van der Waals surface area contributed by atoms with Gasteiger partial charge in [-0.05, 0) is 32.3 Å². The first kappa shape index (κ1) is 14.6. The van der Waals surface area contributed by atoms with E-state index in [9.17, 15) is 4.79 Å². The van der Waals surface area contributed by atoms with Crippen LogP contribution in [0.5, 0.6) is 0 Å². The number of hydrogen-bond donors (Lipinski definition) is 1. The molecule has 0 spiro atoms. The zero-order valence-corrected chi connectivity index (χ0v) is 12.1. The van der Waals surface area contributed by atoms with Crippen LogP contribution in [0.15, 0.2) is 30.3 Å². The first-order chi connectivity index (χ1) is 9.53. The molecule has 0 saturated carbocycles. The molecule has 1 saturated heterocycles. The van der Waals surface area contributed by atoms with Crippen LogP contribution in [0.3, 0.4) is 0 Å². The van der Waals surface area contributed by atoms with E-state index in [1.807, 2.05) is 44.2 Å². The molecule has 1 fully saturated rings. The zero-order valence-electron chi connectivity index (χ0n) is 12.1. The van der Waals surface area contributed by atoms with E-state index in [0.717, 1.165) is 18.4 Å². The van der Waals surface area contributed by atoms with Crippen molar-refractivity contribution in [3.8, 4) is 12.3 Å². The predicted octanol–water partition coefficient (Wildman–Crippen LogP) is 2.68. The number of carbonyl (C=O) groups is 1. The number of ether oxygens (including phenoxy) is 1. The summed E-state index contributed by atoms with van der Waals surface area (Å²) in [5.41, 5.74) is 0.418. The average molecular weight is 271 g/mol. The molecule has 1 amide bonds. The Hall–Kier alpha value is -1.79. The molecule has 106 valence electrons. The number of benzene rings is 1. The van der Waals surface area contributed by atoms with Gasteiger partial charge in [0.15, 0.2) is 0 Å². The van der Waals surface area contributed by atoms with E-state index >= 15 is 0 Å². The molecule has 1 aliphatic heterocycles. The van der Waals surface area contributed by atoms with Crippen molar-refractivity contribution in [2.24, 2.45) is 5.92 Å². The normalized spacial score (nSPS) is 22.9. The van der Waals surface area contributed by atoms with Crippen LogP contribution >= 0.6 is 0 Å². The Morgan fingerprint density at radius 2 is 2.10 bits per heavy atom. The second-order valence-corrected chi connectivity index (χ2v) is 5.71. The molecule has 2 rings (SSSR count). The quantitative estimate of drug-likeness (QED) is 0.858. The SMILES string of the molecule is C#CC(C)(C)NC(=O)C1CCCOC1c1ccccc1. The van der Waals surface area contributed by atoms with Crippen LogP contribution in [0.1, 0.15) is 38.4 Å². The number of carbonyl (C=O) groups excluding carboxylic acids is 1. The summed E-state index contributed by atoms with van der Waals surface area (Å²) in [6.07, 6.45) is 6.98. The van der Waals surface area contributed by atoms with Gasteiger partial charge in [-0.25, -0.2) is 0 Å². The molecule has 0 radical (unpaired) electrons. The molecule has 1 aromatic carbocycles. The number of terminal acetylenes is 1. The number of nitrogens with one attached hydrogen (secondary N) is 1. The smallest absolute Gasteiger partial charge is 0.227 e. The van der Waals surface area contributed by atoms with Gasteiger partial charge in [-0.1, -0.05) is 36.3 Å². The molecule has 1 N–H and O–H groups in total. The molecular weight excluding hydrogens is 250 g/mol. The molecule has 1 aromatic rings. The third-order valence-corrected chi connectivity index (χ3v) is 3.58. The van der Waals surface area contributed by atoms with E-state index in [4.69, 9.17) is 11.2 Å². The first-order valence-corrected chi connectivity index (χ1v) is 7.00. The van der Waals surface area contributed by atoms with E-state index in [-0.39, 0.29) is 17.9 Å². The highest BCUT2D eigenvalue weighted by Crippen LogP contribution is 2.33. The minimum absolute atomic E-state index is 0.0264. The van der Waals surface area contributed by atoms with Gasteiger partial charge in [0, 0.05) is 6.61 Å². The van der Waals surface area contributed by atoms with Crippen molar-refractivity contribution >= 4 is 5.91 Å². The highest BCUT2D eigenvalue weighted by atomic mass is 16.5. The molecular formula is C17H21NO2. The maximum absolute atomic E-state index is 12.5. The molecule has 0 aromatic heterocycles. The van der Waals surface area contributed by atoms with Crippen molar-refractivity contribution < 1.29 is 9.53 Å². The summed E-state index contributed by atoms with van der Waals surface area (Å²) in [5, 5.41) is 2.92. The lowest BCUT2D eigenvalue weighted by atomic mass is 9.88. The Morgan fingerprint density at radius 1 is 1.40 bits per heavy atom. The summed E-state index contributed by atoms with van der Waals surface area (Å²) in [4.78, 5) is 12.5. The molecule has 2 unspecified atom stereocenters. The summed E-state index contributed by atoms with van der Waals surface area (Å²) < 4.78 is 5.83. The summed E-state index contributed by atoms with van der Waals surface area (Å²) in [6.45, 7) is 4.35. The van der Waals surface area contributed by atoms with E-state index < -0.39 is 5.54 Å². The zero-order chi connectivity index (χ0) is 14.6. The van der Waals surface area contributed by atoms with Crippen molar-refractivity contribution in [2.45, 2.75) is 38.3 Å². The topological polar surface area (TPSA) is 38.3 Å². The van der Waals surface area contributed by atoms with Gasteiger partial charge < -0.3 is 10.1 Å². The van der Waals surface area contributed by atoms with Gasteiger partial charge in [0.25, 0.3) is 0 Å². The standard InChI is InChI=1S/C17H21NO2/c1-4-17(2,3)18-16(19)14-11-8-12-20-15(14)13-9-6-5-7-10-13/h1,5-7,9-10,14-15H,8,11-12H2,2-3H3,(H,18,19). The Kier molecular flexibility index (Phi) is 4.46. The van der Waals surface area contributed by atoms with Crippen molar-refractivity contribution in [1.29, 1.82) is 0 Å². The first-order valence-electron chi connectivity index (χ1n) is 7.00. The van der Waals surface area contributed by atoms with Gasteiger partial charge in [0.1, 0.15) is 0 Å². The fourth-order valence-electron chi connectivity index (χ4n) is 2.46. The van der Waals surface area contributed by atoms with E-state index in [1.165, 1.54) is 0 Å². The molecule has 2 atom stereocenters. The van der Waals surface area contributed by atoms with Crippen LogP contribution in [0.4, 0.5) is 0 Å². The fourth-order valence-corrected chi connectivity index (χ4v) is 2.46. The Bertz CT molecular complexity index is 501. The van der Waals surface area contributed by atoms with Crippen molar-refractivity contribution in [3.05, 3.63) is 35.9 Å². The highest BCUT2D eigenvalue weighted by molar-refractivity contribution is 5.80. The van der Waals surface area contributed by atoms with Gasteiger partial charge in [-0.15, -0.1) is 6.42 Å². The third-order valence-electron chi connectivity index (χ3n) is 3.58. The van der Waals surface area contributed by atoms with Crippen LogP contribution in [0, 0.1) is 18.3 Å². The minimum atomic E-state index is -0.629.